The molecule has 0 fully saturated rings. The highest BCUT2D eigenvalue weighted by Gasteiger charge is 2.12. The standard InChI is InChI=1S/C15H18N2OS/c1-10-8-12(4-5-14(10)16-3)15(18)17-11(2)13-6-7-19-9-13/h4-9,11,16H,1-3H3,(H,17,18). The van der Waals surface area contributed by atoms with Crippen molar-refractivity contribution < 1.29 is 4.79 Å². The van der Waals surface area contributed by atoms with Crippen molar-refractivity contribution >= 4 is 22.9 Å². The minimum Gasteiger partial charge on any atom is -0.388 e. The van der Waals surface area contributed by atoms with E-state index in [9.17, 15) is 4.79 Å². The summed E-state index contributed by atoms with van der Waals surface area (Å²) in [4.78, 5) is 12.2. The van der Waals surface area contributed by atoms with Gasteiger partial charge in [-0.25, -0.2) is 0 Å². The van der Waals surface area contributed by atoms with Crippen LogP contribution in [0.5, 0.6) is 0 Å². The molecular formula is C15H18N2OS. The van der Waals surface area contributed by atoms with Gasteiger partial charge in [0.25, 0.3) is 5.91 Å². The normalized spacial score (nSPS) is 11.9. The van der Waals surface area contributed by atoms with Crippen LogP contribution in [0.15, 0.2) is 35.0 Å². The highest BCUT2D eigenvalue weighted by atomic mass is 32.1. The number of hydrogen-bond donors (Lipinski definition) is 2. The highest BCUT2D eigenvalue weighted by molar-refractivity contribution is 7.07. The van der Waals surface area contributed by atoms with E-state index in [1.165, 1.54) is 0 Å². The Kier molecular flexibility index (Phi) is 4.22. The number of hydrogen-bond acceptors (Lipinski definition) is 3. The molecule has 1 aromatic heterocycles. The van der Waals surface area contributed by atoms with Crippen molar-refractivity contribution in [2.75, 3.05) is 12.4 Å². The fourth-order valence-electron chi connectivity index (χ4n) is 1.97. The van der Waals surface area contributed by atoms with Crippen LogP contribution in [-0.4, -0.2) is 13.0 Å². The van der Waals surface area contributed by atoms with Crippen LogP contribution in [0.3, 0.4) is 0 Å². The molecule has 0 aliphatic carbocycles. The molecule has 2 N–H and O–H groups in total. The highest BCUT2D eigenvalue weighted by Crippen LogP contribution is 2.18. The Labute approximate surface area is 117 Å². The summed E-state index contributed by atoms with van der Waals surface area (Å²) in [7, 11) is 1.88. The number of aryl methyl sites for hydroxylation is 1. The molecule has 4 heteroatoms. The first-order valence-corrected chi connectivity index (χ1v) is 7.17. The van der Waals surface area contributed by atoms with E-state index in [0.717, 1.165) is 16.8 Å². The van der Waals surface area contributed by atoms with Gasteiger partial charge in [0.05, 0.1) is 6.04 Å². The molecule has 19 heavy (non-hydrogen) atoms. The summed E-state index contributed by atoms with van der Waals surface area (Å²) >= 11 is 1.64. The Hall–Kier alpha value is -1.81. The molecule has 1 aromatic carbocycles. The third-order valence-electron chi connectivity index (χ3n) is 3.15. The number of anilines is 1. The molecule has 0 saturated heterocycles. The number of thiophene rings is 1. The lowest BCUT2D eigenvalue weighted by atomic mass is 10.1. The molecule has 1 atom stereocenters. The molecule has 0 saturated carbocycles. The largest absolute Gasteiger partial charge is 0.388 e. The van der Waals surface area contributed by atoms with E-state index >= 15 is 0 Å². The number of amides is 1. The lowest BCUT2D eigenvalue weighted by Gasteiger charge is -2.13. The molecule has 1 heterocycles. The van der Waals surface area contributed by atoms with Crippen molar-refractivity contribution in [3.8, 4) is 0 Å². The van der Waals surface area contributed by atoms with Gasteiger partial charge in [-0.3, -0.25) is 4.79 Å². The number of benzene rings is 1. The molecule has 1 unspecified atom stereocenters. The van der Waals surface area contributed by atoms with Gasteiger partial charge in [0.1, 0.15) is 0 Å². The van der Waals surface area contributed by atoms with Gasteiger partial charge in [0, 0.05) is 18.3 Å². The minimum atomic E-state index is -0.0375. The first kappa shape index (κ1) is 13.6. The van der Waals surface area contributed by atoms with Gasteiger partial charge in [0.15, 0.2) is 0 Å². The predicted molar refractivity (Wildman–Crippen MR) is 80.9 cm³/mol. The van der Waals surface area contributed by atoms with Crippen molar-refractivity contribution in [2.45, 2.75) is 19.9 Å². The summed E-state index contributed by atoms with van der Waals surface area (Å²) < 4.78 is 0. The molecule has 3 nitrogen and oxygen atoms in total. The quantitative estimate of drug-likeness (QED) is 0.894. The van der Waals surface area contributed by atoms with Gasteiger partial charge >= 0.3 is 0 Å². The molecule has 2 rings (SSSR count). The molecule has 0 aliphatic rings. The zero-order valence-electron chi connectivity index (χ0n) is 11.4. The summed E-state index contributed by atoms with van der Waals surface area (Å²) in [6.45, 7) is 3.99. The molecular weight excluding hydrogens is 256 g/mol. The van der Waals surface area contributed by atoms with Crippen LogP contribution in [0.25, 0.3) is 0 Å². The van der Waals surface area contributed by atoms with Crippen LogP contribution in [0.4, 0.5) is 5.69 Å². The molecule has 1 amide bonds. The van der Waals surface area contributed by atoms with Crippen molar-refractivity contribution in [1.29, 1.82) is 0 Å². The predicted octanol–water partition coefficient (Wildman–Crippen LogP) is 3.59. The smallest absolute Gasteiger partial charge is 0.251 e. The van der Waals surface area contributed by atoms with E-state index in [-0.39, 0.29) is 11.9 Å². The SMILES string of the molecule is CNc1ccc(C(=O)NC(C)c2ccsc2)cc1C. The van der Waals surface area contributed by atoms with Crippen LogP contribution in [0.1, 0.15) is 34.5 Å². The second kappa shape index (κ2) is 5.89. The third kappa shape index (κ3) is 3.15. The van der Waals surface area contributed by atoms with Crippen LogP contribution in [0.2, 0.25) is 0 Å². The van der Waals surface area contributed by atoms with E-state index < -0.39 is 0 Å². The van der Waals surface area contributed by atoms with Gasteiger partial charge < -0.3 is 10.6 Å². The monoisotopic (exact) mass is 274 g/mol. The first-order chi connectivity index (χ1) is 9.11. The Balaban J connectivity index is 2.10. The number of carbonyl (C=O) groups is 1. The Morgan fingerprint density at radius 3 is 2.68 bits per heavy atom. The van der Waals surface area contributed by atoms with Gasteiger partial charge in [-0.1, -0.05) is 0 Å². The van der Waals surface area contributed by atoms with Gasteiger partial charge in [0.2, 0.25) is 0 Å². The Morgan fingerprint density at radius 2 is 2.11 bits per heavy atom. The third-order valence-corrected chi connectivity index (χ3v) is 3.85. The average Bonchev–Trinajstić information content (AvgIpc) is 2.92. The zero-order chi connectivity index (χ0) is 13.8. The topological polar surface area (TPSA) is 41.1 Å². The lowest BCUT2D eigenvalue weighted by molar-refractivity contribution is 0.0940. The van der Waals surface area contributed by atoms with E-state index in [1.54, 1.807) is 11.3 Å². The molecule has 100 valence electrons. The Bertz CT molecular complexity index is 564. The van der Waals surface area contributed by atoms with Crippen LogP contribution in [-0.2, 0) is 0 Å². The summed E-state index contributed by atoms with van der Waals surface area (Å²) in [5.74, 6) is -0.0375. The van der Waals surface area contributed by atoms with Crippen molar-refractivity contribution in [1.82, 2.24) is 5.32 Å². The Morgan fingerprint density at radius 1 is 1.32 bits per heavy atom. The van der Waals surface area contributed by atoms with Gasteiger partial charge in [-0.15, -0.1) is 0 Å². The average molecular weight is 274 g/mol. The molecule has 0 aliphatic heterocycles. The maximum absolute atomic E-state index is 12.2. The fourth-order valence-corrected chi connectivity index (χ4v) is 2.72. The van der Waals surface area contributed by atoms with Crippen LogP contribution >= 0.6 is 11.3 Å². The number of rotatable bonds is 4. The molecule has 0 radical (unpaired) electrons. The van der Waals surface area contributed by atoms with Crippen LogP contribution < -0.4 is 10.6 Å². The van der Waals surface area contributed by atoms with Crippen LogP contribution in [0, 0.1) is 6.92 Å². The van der Waals surface area contributed by atoms with Crippen molar-refractivity contribution in [2.24, 2.45) is 0 Å². The first-order valence-electron chi connectivity index (χ1n) is 6.23. The second-order valence-corrected chi connectivity index (χ2v) is 5.31. The lowest BCUT2D eigenvalue weighted by Crippen LogP contribution is -2.26. The van der Waals surface area contributed by atoms with E-state index in [2.05, 4.69) is 16.0 Å². The summed E-state index contributed by atoms with van der Waals surface area (Å²) in [5.41, 5.74) is 3.95. The zero-order valence-corrected chi connectivity index (χ0v) is 12.2. The van der Waals surface area contributed by atoms with Gasteiger partial charge in [-0.2, -0.15) is 11.3 Å². The van der Waals surface area contributed by atoms with E-state index in [4.69, 9.17) is 0 Å². The van der Waals surface area contributed by atoms with E-state index in [1.807, 2.05) is 50.5 Å². The minimum absolute atomic E-state index is 0.0306. The summed E-state index contributed by atoms with van der Waals surface area (Å²) in [6.07, 6.45) is 0. The molecule has 2 aromatic rings. The maximum Gasteiger partial charge on any atom is 0.251 e. The summed E-state index contributed by atoms with van der Waals surface area (Å²) in [6, 6.07) is 7.74. The van der Waals surface area contributed by atoms with Crippen molar-refractivity contribution in [3.05, 3.63) is 51.7 Å². The van der Waals surface area contributed by atoms with Gasteiger partial charge in [-0.05, 0) is 60.0 Å². The number of carbonyl (C=O) groups excluding carboxylic acids is 1. The maximum atomic E-state index is 12.2. The second-order valence-electron chi connectivity index (χ2n) is 4.53. The molecule has 0 spiro atoms. The number of nitrogens with one attached hydrogen (secondary N) is 2. The summed E-state index contributed by atoms with van der Waals surface area (Å²) in [5, 5.41) is 10.2. The van der Waals surface area contributed by atoms with E-state index in [0.29, 0.717) is 5.56 Å². The molecule has 0 bridgehead atoms. The fraction of sp³-hybridized carbons (Fsp3) is 0.267. The van der Waals surface area contributed by atoms with Crippen molar-refractivity contribution in [3.63, 3.8) is 0 Å².